The second-order valence-electron chi connectivity index (χ2n) is 3.37. The lowest BCUT2D eigenvalue weighted by Crippen LogP contribution is -2.21. The summed E-state index contributed by atoms with van der Waals surface area (Å²) < 4.78 is 10.0. The van der Waals surface area contributed by atoms with E-state index in [1.807, 2.05) is 0 Å². The first-order valence-electron chi connectivity index (χ1n) is 5.13. The third-order valence-electron chi connectivity index (χ3n) is 2.08. The summed E-state index contributed by atoms with van der Waals surface area (Å²) in [6, 6.07) is 4.30. The Morgan fingerprint density at radius 3 is 2.83 bits per heavy atom. The van der Waals surface area contributed by atoms with Crippen molar-refractivity contribution in [2.45, 2.75) is 0 Å². The number of rotatable bonds is 3. The number of aromatic nitrogens is 1. The maximum atomic E-state index is 11.7. The molecule has 0 atom stereocenters. The molecule has 2 rings (SSSR count). The number of nitrogens with zero attached hydrogens (tertiary/aromatic N) is 1. The number of nitrogens with one attached hydrogen (secondary N) is 1. The van der Waals surface area contributed by atoms with Gasteiger partial charge in [-0.15, -0.1) is 0 Å². The van der Waals surface area contributed by atoms with Crippen molar-refractivity contribution in [1.29, 1.82) is 0 Å². The fourth-order valence-electron chi connectivity index (χ4n) is 1.29. The zero-order valence-corrected chi connectivity index (χ0v) is 9.25. The zero-order chi connectivity index (χ0) is 13.0. The van der Waals surface area contributed by atoms with Gasteiger partial charge >= 0.3 is 5.97 Å². The van der Waals surface area contributed by atoms with E-state index >= 15 is 0 Å². The van der Waals surface area contributed by atoms with E-state index in [4.69, 9.17) is 14.6 Å². The Balaban J connectivity index is 2.09. The Kier molecular flexibility index (Phi) is 3.42. The molecule has 0 aromatic carbocycles. The first kappa shape index (κ1) is 11.9. The van der Waals surface area contributed by atoms with E-state index in [0.29, 0.717) is 13.2 Å². The number of carbonyl (C=O) groups is 2. The van der Waals surface area contributed by atoms with Crippen LogP contribution in [0.4, 0.5) is 5.82 Å². The molecule has 0 fully saturated rings. The minimum atomic E-state index is -1.16. The lowest BCUT2D eigenvalue weighted by Gasteiger charge is -2.14. The Morgan fingerprint density at radius 1 is 1.33 bits per heavy atom. The van der Waals surface area contributed by atoms with Gasteiger partial charge in [0.1, 0.15) is 25.3 Å². The Labute approximate surface area is 102 Å². The van der Waals surface area contributed by atoms with Crippen molar-refractivity contribution >= 4 is 17.7 Å². The van der Waals surface area contributed by atoms with Crippen molar-refractivity contribution in [1.82, 2.24) is 4.98 Å². The van der Waals surface area contributed by atoms with E-state index in [1.165, 1.54) is 24.5 Å². The second kappa shape index (κ2) is 5.17. The van der Waals surface area contributed by atoms with Crippen LogP contribution >= 0.6 is 0 Å². The predicted molar refractivity (Wildman–Crippen MR) is 59.8 cm³/mol. The van der Waals surface area contributed by atoms with E-state index in [2.05, 4.69) is 10.3 Å². The summed E-state index contributed by atoms with van der Waals surface area (Å²) in [4.78, 5) is 26.1. The molecule has 1 aliphatic rings. The first-order valence-corrected chi connectivity index (χ1v) is 5.13. The van der Waals surface area contributed by atoms with Crippen LogP contribution in [0.1, 0.15) is 10.5 Å². The van der Waals surface area contributed by atoms with Crippen LogP contribution in [0.2, 0.25) is 0 Å². The fourth-order valence-corrected chi connectivity index (χ4v) is 1.29. The molecule has 2 heterocycles. The Morgan fingerprint density at radius 2 is 2.17 bits per heavy atom. The van der Waals surface area contributed by atoms with Crippen LogP contribution in [-0.2, 0) is 14.3 Å². The molecule has 2 N–H and O–H groups in total. The lowest BCUT2D eigenvalue weighted by atomic mass is 10.3. The van der Waals surface area contributed by atoms with Crippen LogP contribution in [0.3, 0.4) is 0 Å². The maximum Gasteiger partial charge on any atom is 0.354 e. The van der Waals surface area contributed by atoms with E-state index in [0.717, 1.165) is 0 Å². The highest BCUT2D eigenvalue weighted by molar-refractivity contribution is 6.01. The van der Waals surface area contributed by atoms with Gasteiger partial charge in [-0.05, 0) is 12.1 Å². The van der Waals surface area contributed by atoms with E-state index in [-0.39, 0.29) is 17.3 Å². The normalized spacial score (nSPS) is 13.9. The van der Waals surface area contributed by atoms with Crippen LogP contribution in [0.5, 0.6) is 0 Å². The highest BCUT2D eigenvalue weighted by atomic mass is 16.6. The number of anilines is 1. The predicted octanol–water partition coefficient (Wildman–Crippen LogP) is 0.607. The van der Waals surface area contributed by atoms with Gasteiger partial charge in [-0.3, -0.25) is 4.79 Å². The van der Waals surface area contributed by atoms with Gasteiger partial charge in [0.05, 0.1) is 0 Å². The minimum absolute atomic E-state index is 0.0313. The number of hydrogen-bond donors (Lipinski definition) is 2. The van der Waals surface area contributed by atoms with Crippen molar-refractivity contribution in [2.24, 2.45) is 0 Å². The molecule has 7 heteroatoms. The smallest absolute Gasteiger partial charge is 0.354 e. The average molecular weight is 250 g/mol. The monoisotopic (exact) mass is 250 g/mol. The van der Waals surface area contributed by atoms with Crippen molar-refractivity contribution in [2.75, 3.05) is 18.5 Å². The number of carbonyl (C=O) groups excluding carboxylic acids is 1. The van der Waals surface area contributed by atoms with Crippen LogP contribution in [0.15, 0.2) is 30.2 Å². The number of aromatic carboxylic acids is 1. The standard InChI is InChI=1S/C11H10N2O5/c14-10(8-6-17-4-5-18-8)13-9-3-1-2-7(12-9)11(15)16/h1-3,6H,4-5H2,(H,15,16)(H,12,13,14). The Hall–Kier alpha value is -2.57. The summed E-state index contributed by atoms with van der Waals surface area (Å²) in [5.74, 6) is -1.54. The molecular weight excluding hydrogens is 240 g/mol. The van der Waals surface area contributed by atoms with E-state index in [1.54, 1.807) is 0 Å². The topological polar surface area (TPSA) is 97.8 Å². The van der Waals surface area contributed by atoms with E-state index in [9.17, 15) is 9.59 Å². The molecule has 0 bridgehead atoms. The molecule has 0 saturated carbocycles. The third-order valence-corrected chi connectivity index (χ3v) is 2.08. The molecule has 94 valence electrons. The van der Waals surface area contributed by atoms with Gasteiger partial charge in [-0.2, -0.15) is 0 Å². The lowest BCUT2D eigenvalue weighted by molar-refractivity contribution is -0.117. The zero-order valence-electron chi connectivity index (χ0n) is 9.25. The number of carboxylic acids is 1. The number of ether oxygens (including phenoxy) is 2. The molecule has 1 aliphatic heterocycles. The van der Waals surface area contributed by atoms with Crippen LogP contribution in [-0.4, -0.2) is 35.2 Å². The quantitative estimate of drug-likeness (QED) is 0.815. The maximum absolute atomic E-state index is 11.7. The van der Waals surface area contributed by atoms with Gasteiger partial charge in [-0.1, -0.05) is 6.07 Å². The molecule has 1 amide bonds. The molecule has 0 saturated heterocycles. The van der Waals surface area contributed by atoms with Crippen LogP contribution in [0.25, 0.3) is 0 Å². The van der Waals surface area contributed by atoms with Gasteiger partial charge < -0.3 is 19.9 Å². The van der Waals surface area contributed by atoms with Crippen molar-refractivity contribution in [3.63, 3.8) is 0 Å². The molecule has 1 aromatic heterocycles. The Bertz CT molecular complexity index is 512. The van der Waals surface area contributed by atoms with E-state index < -0.39 is 11.9 Å². The highest BCUT2D eigenvalue weighted by Gasteiger charge is 2.16. The summed E-state index contributed by atoms with van der Waals surface area (Å²) in [7, 11) is 0. The summed E-state index contributed by atoms with van der Waals surface area (Å²) in [5.41, 5.74) is -0.150. The molecule has 1 aromatic rings. The molecule has 0 radical (unpaired) electrons. The molecular formula is C11H10N2O5. The molecule has 0 aliphatic carbocycles. The van der Waals surface area contributed by atoms with Gasteiger partial charge in [-0.25, -0.2) is 9.78 Å². The first-order chi connectivity index (χ1) is 8.66. The summed E-state index contributed by atoms with van der Waals surface area (Å²) in [6.45, 7) is 0.686. The largest absolute Gasteiger partial charge is 0.494 e. The van der Waals surface area contributed by atoms with Gasteiger partial charge in [0.2, 0.25) is 5.76 Å². The summed E-state index contributed by atoms with van der Waals surface area (Å²) in [5, 5.41) is 11.2. The molecule has 7 nitrogen and oxygen atoms in total. The van der Waals surface area contributed by atoms with Crippen LogP contribution in [0, 0.1) is 0 Å². The number of carboxylic acid groups (broad SMARTS) is 1. The summed E-state index contributed by atoms with van der Waals surface area (Å²) in [6.07, 6.45) is 1.21. The van der Waals surface area contributed by atoms with Gasteiger partial charge in [0, 0.05) is 0 Å². The third kappa shape index (κ3) is 2.76. The fraction of sp³-hybridized carbons (Fsp3) is 0.182. The molecule has 18 heavy (non-hydrogen) atoms. The van der Waals surface area contributed by atoms with Crippen molar-refractivity contribution in [3.05, 3.63) is 35.9 Å². The van der Waals surface area contributed by atoms with Crippen molar-refractivity contribution < 1.29 is 24.2 Å². The van der Waals surface area contributed by atoms with Gasteiger partial charge in [0.25, 0.3) is 5.91 Å². The number of amides is 1. The number of pyridine rings is 1. The molecule has 0 spiro atoms. The second-order valence-corrected chi connectivity index (χ2v) is 3.37. The highest BCUT2D eigenvalue weighted by Crippen LogP contribution is 2.09. The summed E-state index contributed by atoms with van der Waals surface area (Å²) >= 11 is 0. The van der Waals surface area contributed by atoms with Crippen molar-refractivity contribution in [3.8, 4) is 0 Å². The van der Waals surface area contributed by atoms with Gasteiger partial charge in [0.15, 0.2) is 5.69 Å². The average Bonchev–Trinajstić information content (AvgIpc) is 2.40. The minimum Gasteiger partial charge on any atom is -0.494 e. The molecule has 0 unspecified atom stereocenters. The van der Waals surface area contributed by atoms with Crippen LogP contribution < -0.4 is 5.32 Å². The SMILES string of the molecule is O=C(Nc1cccc(C(=O)O)n1)C1=COCCO1. The number of hydrogen-bond acceptors (Lipinski definition) is 5.